The average molecular weight is 359 g/mol. The van der Waals surface area contributed by atoms with E-state index >= 15 is 0 Å². The van der Waals surface area contributed by atoms with Crippen molar-refractivity contribution in [2.24, 2.45) is 0 Å². The maximum atomic E-state index is 11.6. The highest BCUT2D eigenvalue weighted by molar-refractivity contribution is 9.10. The van der Waals surface area contributed by atoms with Gasteiger partial charge < -0.3 is 20.5 Å². The van der Waals surface area contributed by atoms with Gasteiger partial charge in [0.1, 0.15) is 0 Å². The molecule has 0 saturated heterocycles. The molecule has 0 saturated carbocycles. The van der Waals surface area contributed by atoms with Crippen molar-refractivity contribution in [3.63, 3.8) is 0 Å². The molecule has 0 heterocycles. The van der Waals surface area contributed by atoms with E-state index in [0.717, 1.165) is 0 Å². The van der Waals surface area contributed by atoms with Gasteiger partial charge in [-0.05, 0) is 41.1 Å². The Hall–Kier alpha value is -2.09. The molecule has 0 aliphatic carbocycles. The summed E-state index contributed by atoms with van der Waals surface area (Å²) in [7, 11) is 0. The van der Waals surface area contributed by atoms with Gasteiger partial charge in [-0.25, -0.2) is 9.59 Å². The van der Waals surface area contributed by atoms with Crippen molar-refractivity contribution in [1.82, 2.24) is 5.32 Å². The zero-order valence-corrected chi connectivity index (χ0v) is 12.9. The minimum absolute atomic E-state index is 0.0410. The van der Waals surface area contributed by atoms with Crippen LogP contribution in [0.1, 0.15) is 23.7 Å². The first-order valence-electron chi connectivity index (χ1n) is 6.17. The zero-order valence-electron chi connectivity index (χ0n) is 11.3. The molecule has 1 rings (SSSR count). The largest absolute Gasteiger partial charge is 0.478 e. The van der Waals surface area contributed by atoms with Gasteiger partial charge in [0.25, 0.3) is 0 Å². The number of hydrogen-bond donors (Lipinski definition) is 3. The van der Waals surface area contributed by atoms with Gasteiger partial charge >= 0.3 is 18.0 Å². The lowest BCUT2D eigenvalue weighted by molar-refractivity contribution is -0.142. The van der Waals surface area contributed by atoms with E-state index < -0.39 is 18.0 Å². The third-order valence-electron chi connectivity index (χ3n) is 2.37. The summed E-state index contributed by atoms with van der Waals surface area (Å²) >= 11 is 3.11. The molecule has 2 amide bonds. The molecular formula is C13H15BrN2O5. The highest BCUT2D eigenvalue weighted by Gasteiger charge is 2.10. The fourth-order valence-electron chi connectivity index (χ4n) is 1.45. The number of halogens is 1. The van der Waals surface area contributed by atoms with Crippen LogP contribution in [0.4, 0.5) is 10.5 Å². The van der Waals surface area contributed by atoms with Crippen LogP contribution in [0.25, 0.3) is 0 Å². The number of benzene rings is 1. The summed E-state index contributed by atoms with van der Waals surface area (Å²) in [5, 5.41) is 13.9. The van der Waals surface area contributed by atoms with Crippen molar-refractivity contribution in [2.45, 2.75) is 13.3 Å². The Labute approximate surface area is 129 Å². The summed E-state index contributed by atoms with van der Waals surface area (Å²) in [6.45, 7) is 2.13. The minimum atomic E-state index is -1.10. The van der Waals surface area contributed by atoms with Crippen molar-refractivity contribution in [1.29, 1.82) is 0 Å². The Kier molecular flexibility index (Phi) is 6.67. The van der Waals surface area contributed by atoms with E-state index in [2.05, 4.69) is 26.6 Å². The zero-order chi connectivity index (χ0) is 15.8. The smallest absolute Gasteiger partial charge is 0.336 e. The quantitative estimate of drug-likeness (QED) is 0.676. The van der Waals surface area contributed by atoms with Crippen molar-refractivity contribution in [3.05, 3.63) is 28.2 Å². The monoisotopic (exact) mass is 358 g/mol. The van der Waals surface area contributed by atoms with E-state index in [1.807, 2.05) is 0 Å². The topological polar surface area (TPSA) is 105 Å². The molecule has 0 aliphatic rings. The molecule has 3 N–H and O–H groups in total. The van der Waals surface area contributed by atoms with Crippen LogP contribution in [-0.4, -0.2) is 36.2 Å². The van der Waals surface area contributed by atoms with Crippen LogP contribution in [0, 0.1) is 0 Å². The van der Waals surface area contributed by atoms with E-state index in [0.29, 0.717) is 16.8 Å². The molecule has 0 unspecified atom stereocenters. The number of anilines is 1. The summed E-state index contributed by atoms with van der Waals surface area (Å²) in [4.78, 5) is 33.6. The Morgan fingerprint density at radius 3 is 2.67 bits per heavy atom. The summed E-state index contributed by atoms with van der Waals surface area (Å²) in [6, 6.07) is 3.88. The van der Waals surface area contributed by atoms with Gasteiger partial charge in [0.15, 0.2) is 0 Å². The number of carbonyl (C=O) groups is 3. The van der Waals surface area contributed by atoms with Gasteiger partial charge in [0, 0.05) is 16.7 Å². The van der Waals surface area contributed by atoms with E-state index in [9.17, 15) is 14.4 Å². The normalized spacial score (nSPS) is 9.81. The van der Waals surface area contributed by atoms with Gasteiger partial charge in [-0.15, -0.1) is 0 Å². The first-order valence-corrected chi connectivity index (χ1v) is 6.96. The molecule has 0 radical (unpaired) electrons. The third kappa shape index (κ3) is 5.82. The van der Waals surface area contributed by atoms with Gasteiger partial charge in [0.05, 0.1) is 18.6 Å². The third-order valence-corrected chi connectivity index (χ3v) is 3.07. The predicted molar refractivity (Wildman–Crippen MR) is 79.4 cm³/mol. The molecule has 1 aromatic rings. The van der Waals surface area contributed by atoms with Crippen LogP contribution in [0.2, 0.25) is 0 Å². The van der Waals surface area contributed by atoms with Crippen LogP contribution < -0.4 is 10.6 Å². The SMILES string of the molecule is CCOC(=O)CCNC(=O)Nc1ccc(Br)c(C(=O)O)c1. The summed E-state index contributed by atoms with van der Waals surface area (Å²) in [5.74, 6) is -1.50. The maximum Gasteiger partial charge on any atom is 0.336 e. The highest BCUT2D eigenvalue weighted by atomic mass is 79.9. The van der Waals surface area contributed by atoms with E-state index in [-0.39, 0.29) is 18.5 Å². The second kappa shape index (κ2) is 8.25. The first-order chi connectivity index (χ1) is 9.93. The van der Waals surface area contributed by atoms with Crippen molar-refractivity contribution in [2.75, 3.05) is 18.5 Å². The number of esters is 1. The van der Waals surface area contributed by atoms with Gasteiger partial charge in [-0.3, -0.25) is 4.79 Å². The number of carbonyl (C=O) groups excluding carboxylic acids is 2. The molecule has 1 aromatic carbocycles. The molecular weight excluding hydrogens is 344 g/mol. The second-order valence-electron chi connectivity index (χ2n) is 3.94. The van der Waals surface area contributed by atoms with Gasteiger partial charge in [0.2, 0.25) is 0 Å². The lowest BCUT2D eigenvalue weighted by Gasteiger charge is -2.08. The van der Waals surface area contributed by atoms with Crippen LogP contribution in [0.5, 0.6) is 0 Å². The van der Waals surface area contributed by atoms with Crippen molar-refractivity contribution < 1.29 is 24.2 Å². The van der Waals surface area contributed by atoms with Crippen molar-refractivity contribution >= 4 is 39.6 Å². The first kappa shape index (κ1) is 17.0. The maximum absolute atomic E-state index is 11.6. The number of carboxylic acids is 1. The molecule has 21 heavy (non-hydrogen) atoms. The van der Waals surface area contributed by atoms with Gasteiger partial charge in [-0.2, -0.15) is 0 Å². The summed E-state index contributed by atoms with van der Waals surface area (Å²) in [6.07, 6.45) is 0.0714. The second-order valence-corrected chi connectivity index (χ2v) is 4.79. The predicted octanol–water partition coefficient (Wildman–Crippen LogP) is 2.22. The fraction of sp³-hybridized carbons (Fsp3) is 0.308. The number of hydrogen-bond acceptors (Lipinski definition) is 4. The van der Waals surface area contributed by atoms with E-state index in [1.165, 1.54) is 12.1 Å². The number of urea groups is 1. The molecule has 8 heteroatoms. The standard InChI is InChI=1S/C13H15BrN2O5/c1-2-21-11(17)5-6-15-13(20)16-8-3-4-10(14)9(7-8)12(18)19/h3-4,7H,2,5-6H2,1H3,(H,18,19)(H2,15,16,20). The van der Waals surface area contributed by atoms with E-state index in [1.54, 1.807) is 13.0 Å². The lowest BCUT2D eigenvalue weighted by Crippen LogP contribution is -2.31. The highest BCUT2D eigenvalue weighted by Crippen LogP contribution is 2.21. The number of rotatable bonds is 6. The summed E-state index contributed by atoms with van der Waals surface area (Å²) < 4.78 is 5.14. The Balaban J connectivity index is 2.50. The Morgan fingerprint density at radius 2 is 2.05 bits per heavy atom. The fourth-order valence-corrected chi connectivity index (χ4v) is 1.87. The Morgan fingerprint density at radius 1 is 1.33 bits per heavy atom. The van der Waals surface area contributed by atoms with Gasteiger partial charge in [-0.1, -0.05) is 0 Å². The minimum Gasteiger partial charge on any atom is -0.478 e. The molecule has 114 valence electrons. The average Bonchev–Trinajstić information content (AvgIpc) is 2.41. The molecule has 0 aliphatic heterocycles. The van der Waals surface area contributed by atoms with Crippen molar-refractivity contribution in [3.8, 4) is 0 Å². The van der Waals surface area contributed by atoms with Crippen LogP contribution >= 0.6 is 15.9 Å². The number of amides is 2. The van der Waals surface area contributed by atoms with Crippen LogP contribution in [-0.2, 0) is 9.53 Å². The lowest BCUT2D eigenvalue weighted by atomic mass is 10.2. The molecule has 7 nitrogen and oxygen atoms in total. The number of ether oxygens (including phenoxy) is 1. The molecule has 0 atom stereocenters. The van der Waals surface area contributed by atoms with E-state index in [4.69, 9.17) is 9.84 Å². The van der Waals surface area contributed by atoms with Crippen LogP contribution in [0.15, 0.2) is 22.7 Å². The number of carboxylic acid groups (broad SMARTS) is 1. The molecule has 0 aromatic heterocycles. The molecule has 0 spiro atoms. The Bertz CT molecular complexity index is 547. The van der Waals surface area contributed by atoms with Crippen LogP contribution in [0.3, 0.4) is 0 Å². The molecule has 0 fully saturated rings. The number of nitrogens with one attached hydrogen (secondary N) is 2. The molecule has 0 bridgehead atoms. The summed E-state index contributed by atoms with van der Waals surface area (Å²) in [5.41, 5.74) is 0.378. The number of aromatic carboxylic acids is 1.